The average molecular weight is 209 g/mol. The number of hydrogen-bond acceptors (Lipinski definition) is 3. The van der Waals surface area contributed by atoms with Crippen molar-refractivity contribution in [3.63, 3.8) is 0 Å². The highest BCUT2D eigenvalue weighted by Gasteiger charge is 2.11. The molecule has 0 unspecified atom stereocenters. The lowest BCUT2D eigenvalue weighted by molar-refractivity contribution is 0.109. The van der Waals surface area contributed by atoms with Crippen LogP contribution in [0.25, 0.3) is 10.8 Å². The Morgan fingerprint density at radius 1 is 1.12 bits per heavy atom. The molecule has 16 heavy (non-hydrogen) atoms. The molecule has 0 radical (unpaired) electrons. The summed E-state index contributed by atoms with van der Waals surface area (Å²) in [5.74, 6) is 0. The fourth-order valence-electron chi connectivity index (χ4n) is 1.73. The molecule has 2 aromatic rings. The van der Waals surface area contributed by atoms with Gasteiger partial charge < -0.3 is 0 Å². The van der Waals surface area contributed by atoms with E-state index in [4.69, 9.17) is 5.26 Å². The van der Waals surface area contributed by atoms with E-state index >= 15 is 0 Å². The van der Waals surface area contributed by atoms with Crippen molar-refractivity contribution in [1.29, 1.82) is 5.26 Å². The van der Waals surface area contributed by atoms with E-state index in [1.54, 1.807) is 24.3 Å². The Labute approximate surface area is 91.9 Å². The van der Waals surface area contributed by atoms with Gasteiger partial charge in [0.05, 0.1) is 5.56 Å². The summed E-state index contributed by atoms with van der Waals surface area (Å²) in [5.41, 5.74) is 0.677. The number of benzene rings is 2. The van der Waals surface area contributed by atoms with E-state index in [1.165, 1.54) is 0 Å². The van der Waals surface area contributed by atoms with Crippen LogP contribution in [-0.2, 0) is 0 Å². The van der Waals surface area contributed by atoms with E-state index in [9.17, 15) is 9.59 Å². The Balaban J connectivity index is 3.00. The molecule has 0 aliphatic rings. The predicted octanol–water partition coefficient (Wildman–Crippen LogP) is 2.34. The molecule has 0 aliphatic heterocycles. The van der Waals surface area contributed by atoms with E-state index in [2.05, 4.69) is 0 Å². The van der Waals surface area contributed by atoms with E-state index < -0.39 is 0 Å². The van der Waals surface area contributed by atoms with Gasteiger partial charge in [-0.05, 0) is 11.5 Å². The van der Waals surface area contributed by atoms with Crippen molar-refractivity contribution in [1.82, 2.24) is 0 Å². The van der Waals surface area contributed by atoms with Gasteiger partial charge in [0.1, 0.15) is 6.07 Å². The third-order valence-corrected chi connectivity index (χ3v) is 2.48. The van der Waals surface area contributed by atoms with Gasteiger partial charge in [0, 0.05) is 16.5 Å². The van der Waals surface area contributed by atoms with Crippen LogP contribution in [-0.4, -0.2) is 12.6 Å². The van der Waals surface area contributed by atoms with Crippen molar-refractivity contribution in [2.75, 3.05) is 0 Å². The minimum atomic E-state index is 0.163. The maximum absolute atomic E-state index is 10.9. The van der Waals surface area contributed by atoms with Crippen LogP contribution in [0.4, 0.5) is 0 Å². The molecule has 0 aromatic heterocycles. The van der Waals surface area contributed by atoms with E-state index in [1.807, 2.05) is 12.1 Å². The van der Waals surface area contributed by atoms with Gasteiger partial charge in [0.15, 0.2) is 12.6 Å². The number of nitriles is 1. The lowest BCUT2D eigenvalue weighted by atomic mass is 9.96. The van der Waals surface area contributed by atoms with Crippen LogP contribution in [0.5, 0.6) is 0 Å². The minimum Gasteiger partial charge on any atom is -0.298 e. The second-order valence-electron chi connectivity index (χ2n) is 3.32. The zero-order valence-electron chi connectivity index (χ0n) is 8.31. The highest BCUT2D eigenvalue weighted by Crippen LogP contribution is 2.23. The minimum absolute atomic E-state index is 0.163. The van der Waals surface area contributed by atoms with Gasteiger partial charge in [-0.1, -0.05) is 24.3 Å². The largest absolute Gasteiger partial charge is 0.298 e. The van der Waals surface area contributed by atoms with Crippen molar-refractivity contribution < 1.29 is 9.59 Å². The third kappa shape index (κ3) is 1.37. The first-order chi connectivity index (χ1) is 7.81. The smallest absolute Gasteiger partial charge is 0.152 e. The van der Waals surface area contributed by atoms with Gasteiger partial charge in [-0.3, -0.25) is 9.59 Å². The summed E-state index contributed by atoms with van der Waals surface area (Å²) < 4.78 is 0. The summed E-state index contributed by atoms with van der Waals surface area (Å²) in [7, 11) is 0. The van der Waals surface area contributed by atoms with Crippen molar-refractivity contribution in [3.05, 3.63) is 47.0 Å². The maximum Gasteiger partial charge on any atom is 0.152 e. The highest BCUT2D eigenvalue weighted by molar-refractivity contribution is 6.02. The van der Waals surface area contributed by atoms with E-state index in [-0.39, 0.29) is 16.7 Å². The Hall–Kier alpha value is -2.47. The van der Waals surface area contributed by atoms with Crippen molar-refractivity contribution in [2.24, 2.45) is 0 Å². The summed E-state index contributed by atoms with van der Waals surface area (Å²) >= 11 is 0. The second-order valence-corrected chi connectivity index (χ2v) is 3.32. The standard InChI is InChI=1S/C13H7NO2/c14-6-12-11-4-2-1-3-9(11)5-10(7-15)13(12)8-16/h1-5,7-8H. The molecule has 0 amide bonds. The van der Waals surface area contributed by atoms with Crippen molar-refractivity contribution >= 4 is 23.3 Å². The molecule has 0 fully saturated rings. The first kappa shape index (κ1) is 10.1. The quantitative estimate of drug-likeness (QED) is 0.713. The molecule has 2 rings (SSSR count). The monoisotopic (exact) mass is 209 g/mol. The Morgan fingerprint density at radius 3 is 2.50 bits per heavy atom. The summed E-state index contributed by atoms with van der Waals surface area (Å²) in [6.45, 7) is 0. The van der Waals surface area contributed by atoms with Gasteiger partial charge in [-0.2, -0.15) is 5.26 Å². The molecule has 0 spiro atoms. The Bertz CT molecular complexity index is 624. The number of fused-ring (bicyclic) bond motifs is 1. The molecule has 0 atom stereocenters. The zero-order chi connectivity index (χ0) is 11.5. The number of aldehydes is 2. The lowest BCUT2D eigenvalue weighted by Gasteiger charge is -2.05. The van der Waals surface area contributed by atoms with Gasteiger partial charge >= 0.3 is 0 Å². The van der Waals surface area contributed by atoms with E-state index in [0.717, 1.165) is 5.39 Å². The summed E-state index contributed by atoms with van der Waals surface area (Å²) in [4.78, 5) is 21.7. The van der Waals surface area contributed by atoms with Crippen LogP contribution >= 0.6 is 0 Å². The molecule has 3 heteroatoms. The van der Waals surface area contributed by atoms with Gasteiger partial charge in [-0.25, -0.2) is 0 Å². The third-order valence-electron chi connectivity index (χ3n) is 2.48. The second kappa shape index (κ2) is 3.95. The van der Waals surface area contributed by atoms with Crippen LogP contribution in [0.3, 0.4) is 0 Å². The van der Waals surface area contributed by atoms with Gasteiger partial charge in [-0.15, -0.1) is 0 Å². The molecule has 0 aliphatic carbocycles. The van der Waals surface area contributed by atoms with Crippen LogP contribution in [0.15, 0.2) is 30.3 Å². The van der Waals surface area contributed by atoms with Crippen molar-refractivity contribution in [2.45, 2.75) is 0 Å². The molecule has 3 nitrogen and oxygen atoms in total. The summed E-state index contributed by atoms with van der Waals surface area (Å²) in [6, 6.07) is 10.8. The number of rotatable bonds is 2. The summed E-state index contributed by atoms with van der Waals surface area (Å²) in [5, 5.41) is 10.5. The molecule has 0 heterocycles. The predicted molar refractivity (Wildman–Crippen MR) is 59.4 cm³/mol. The topological polar surface area (TPSA) is 57.9 Å². The first-order valence-corrected chi connectivity index (χ1v) is 4.68. The zero-order valence-corrected chi connectivity index (χ0v) is 8.31. The number of hydrogen-bond donors (Lipinski definition) is 0. The lowest BCUT2D eigenvalue weighted by Crippen LogP contribution is -1.96. The van der Waals surface area contributed by atoms with Crippen LogP contribution < -0.4 is 0 Å². The maximum atomic E-state index is 10.9. The average Bonchev–Trinajstić information content (AvgIpc) is 2.36. The van der Waals surface area contributed by atoms with Crippen molar-refractivity contribution in [3.8, 4) is 6.07 Å². The summed E-state index contributed by atoms with van der Waals surface area (Å²) in [6.07, 6.45) is 1.14. The molecule has 0 saturated carbocycles. The van der Waals surface area contributed by atoms with Crippen LogP contribution in [0.1, 0.15) is 26.3 Å². The molecule has 2 aromatic carbocycles. The van der Waals surface area contributed by atoms with Gasteiger partial charge in [0.2, 0.25) is 0 Å². The molecular formula is C13H7NO2. The highest BCUT2D eigenvalue weighted by atomic mass is 16.1. The number of carbonyl (C=O) groups excluding carboxylic acids is 2. The SMILES string of the molecule is N#Cc1c(C=O)c(C=O)cc2ccccc12. The fraction of sp³-hybridized carbons (Fsp3) is 0. The van der Waals surface area contributed by atoms with Crippen LogP contribution in [0, 0.1) is 11.3 Å². The van der Waals surface area contributed by atoms with Gasteiger partial charge in [0.25, 0.3) is 0 Å². The number of nitrogens with zero attached hydrogens (tertiary/aromatic N) is 1. The molecule has 76 valence electrons. The molecule has 0 bridgehead atoms. The fourth-order valence-corrected chi connectivity index (χ4v) is 1.73. The molecular weight excluding hydrogens is 202 g/mol. The Morgan fingerprint density at radius 2 is 1.88 bits per heavy atom. The van der Waals surface area contributed by atoms with Crippen LogP contribution in [0.2, 0.25) is 0 Å². The Kier molecular flexibility index (Phi) is 2.49. The molecule has 0 saturated heterocycles. The number of carbonyl (C=O) groups is 2. The normalized spacial score (nSPS) is 9.69. The van der Waals surface area contributed by atoms with E-state index in [0.29, 0.717) is 18.0 Å². The molecule has 0 N–H and O–H groups in total. The first-order valence-electron chi connectivity index (χ1n) is 4.68.